The van der Waals surface area contributed by atoms with Crippen molar-refractivity contribution in [3.05, 3.63) is 42.6 Å². The minimum atomic E-state index is -3.25. The molecule has 18 heavy (non-hydrogen) atoms. The van der Waals surface area contributed by atoms with Crippen LogP contribution in [0.2, 0.25) is 0 Å². The van der Waals surface area contributed by atoms with E-state index in [9.17, 15) is 8.42 Å². The van der Waals surface area contributed by atoms with E-state index < -0.39 is 9.84 Å². The fourth-order valence-corrected chi connectivity index (χ4v) is 1.88. The van der Waals surface area contributed by atoms with E-state index in [1.54, 1.807) is 24.7 Å². The normalized spacial score (nSPS) is 11.2. The van der Waals surface area contributed by atoms with Crippen molar-refractivity contribution in [2.75, 3.05) is 11.6 Å². The predicted octanol–water partition coefficient (Wildman–Crippen LogP) is 0.887. The van der Waals surface area contributed by atoms with Crippen molar-refractivity contribution < 1.29 is 8.42 Å². The molecule has 0 aromatic carbocycles. The molecule has 94 valence electrons. The van der Waals surface area contributed by atoms with Crippen molar-refractivity contribution in [1.82, 2.24) is 15.0 Å². The first-order valence-corrected chi connectivity index (χ1v) is 7.10. The number of rotatable bonds is 4. The lowest BCUT2D eigenvalue weighted by atomic mass is 10.4. The number of hydrogen-bond donors (Lipinski definition) is 1. The van der Waals surface area contributed by atoms with Crippen molar-refractivity contribution in [2.45, 2.75) is 11.6 Å². The summed E-state index contributed by atoms with van der Waals surface area (Å²) in [6.07, 6.45) is 7.48. The summed E-state index contributed by atoms with van der Waals surface area (Å²) in [6, 6.07) is 3.13. The van der Waals surface area contributed by atoms with E-state index in [0.717, 1.165) is 17.6 Å². The van der Waals surface area contributed by atoms with Gasteiger partial charge in [-0.25, -0.2) is 13.4 Å². The lowest BCUT2D eigenvalue weighted by molar-refractivity contribution is 0.598. The van der Waals surface area contributed by atoms with Gasteiger partial charge in [0.2, 0.25) is 0 Å². The lowest BCUT2D eigenvalue weighted by Gasteiger charge is -2.05. The Labute approximate surface area is 105 Å². The molecule has 0 bridgehead atoms. The monoisotopic (exact) mass is 264 g/mol. The molecule has 0 saturated heterocycles. The van der Waals surface area contributed by atoms with Crippen molar-refractivity contribution >= 4 is 15.5 Å². The average molecular weight is 264 g/mol. The summed E-state index contributed by atoms with van der Waals surface area (Å²) < 4.78 is 22.4. The van der Waals surface area contributed by atoms with E-state index >= 15 is 0 Å². The Morgan fingerprint density at radius 1 is 1.17 bits per heavy atom. The highest BCUT2D eigenvalue weighted by molar-refractivity contribution is 7.90. The van der Waals surface area contributed by atoms with Gasteiger partial charge < -0.3 is 5.32 Å². The standard InChI is InChI=1S/C11H12N4O2S/c1-18(16,17)11-3-2-9(7-15-11)14-8-10-6-12-4-5-13-10/h2-7,14H,8H2,1H3. The number of nitrogens with zero attached hydrogens (tertiary/aromatic N) is 3. The maximum atomic E-state index is 11.2. The molecule has 0 spiro atoms. The van der Waals surface area contributed by atoms with Crippen LogP contribution in [0.5, 0.6) is 0 Å². The number of anilines is 1. The summed E-state index contributed by atoms with van der Waals surface area (Å²) in [5.74, 6) is 0. The second-order valence-corrected chi connectivity index (χ2v) is 5.67. The first kappa shape index (κ1) is 12.4. The highest BCUT2D eigenvalue weighted by Crippen LogP contribution is 2.10. The van der Waals surface area contributed by atoms with Gasteiger partial charge in [-0.1, -0.05) is 0 Å². The smallest absolute Gasteiger partial charge is 0.192 e. The minimum Gasteiger partial charge on any atom is -0.378 e. The van der Waals surface area contributed by atoms with Crippen LogP contribution in [0.4, 0.5) is 5.69 Å². The van der Waals surface area contributed by atoms with Crippen LogP contribution in [0.1, 0.15) is 5.69 Å². The first-order valence-electron chi connectivity index (χ1n) is 5.20. The molecule has 0 aliphatic heterocycles. The van der Waals surface area contributed by atoms with Gasteiger partial charge in [0.05, 0.1) is 30.3 Å². The van der Waals surface area contributed by atoms with E-state index in [0.29, 0.717) is 6.54 Å². The predicted molar refractivity (Wildman–Crippen MR) is 66.7 cm³/mol. The molecule has 0 amide bonds. The van der Waals surface area contributed by atoms with Gasteiger partial charge in [0.15, 0.2) is 14.9 Å². The van der Waals surface area contributed by atoms with Gasteiger partial charge >= 0.3 is 0 Å². The molecule has 6 nitrogen and oxygen atoms in total. The quantitative estimate of drug-likeness (QED) is 0.882. The van der Waals surface area contributed by atoms with Crippen LogP contribution in [-0.2, 0) is 16.4 Å². The Balaban J connectivity index is 2.03. The molecule has 2 rings (SSSR count). The molecule has 0 unspecified atom stereocenters. The summed E-state index contributed by atoms with van der Waals surface area (Å²) in [7, 11) is -3.25. The van der Waals surface area contributed by atoms with Crippen molar-refractivity contribution in [3.8, 4) is 0 Å². The van der Waals surface area contributed by atoms with E-state index in [1.807, 2.05) is 0 Å². The van der Waals surface area contributed by atoms with Gasteiger partial charge in [-0.3, -0.25) is 9.97 Å². The van der Waals surface area contributed by atoms with Crippen molar-refractivity contribution in [3.63, 3.8) is 0 Å². The van der Waals surface area contributed by atoms with Crippen LogP contribution in [0, 0.1) is 0 Å². The fourth-order valence-electron chi connectivity index (χ4n) is 1.32. The SMILES string of the molecule is CS(=O)(=O)c1ccc(NCc2cnccn2)cn1. The molecule has 1 N–H and O–H groups in total. The third kappa shape index (κ3) is 3.24. The average Bonchev–Trinajstić information content (AvgIpc) is 2.37. The van der Waals surface area contributed by atoms with E-state index in [1.165, 1.54) is 12.3 Å². The number of nitrogens with one attached hydrogen (secondary N) is 1. The zero-order chi connectivity index (χ0) is 13.0. The van der Waals surface area contributed by atoms with E-state index in [4.69, 9.17) is 0 Å². The van der Waals surface area contributed by atoms with Gasteiger partial charge in [-0.15, -0.1) is 0 Å². The number of pyridine rings is 1. The van der Waals surface area contributed by atoms with Crippen LogP contribution in [0.15, 0.2) is 41.9 Å². The molecule has 2 heterocycles. The van der Waals surface area contributed by atoms with E-state index in [-0.39, 0.29) is 5.03 Å². The second-order valence-electron chi connectivity index (χ2n) is 3.71. The Hall–Kier alpha value is -2.02. The summed E-state index contributed by atoms with van der Waals surface area (Å²) >= 11 is 0. The summed E-state index contributed by atoms with van der Waals surface area (Å²) in [5, 5.41) is 3.14. The Morgan fingerprint density at radius 3 is 2.56 bits per heavy atom. The number of sulfone groups is 1. The fraction of sp³-hybridized carbons (Fsp3) is 0.182. The van der Waals surface area contributed by atoms with Gasteiger partial charge in [-0.2, -0.15) is 0 Å². The maximum absolute atomic E-state index is 11.2. The van der Waals surface area contributed by atoms with Crippen LogP contribution < -0.4 is 5.32 Å². The van der Waals surface area contributed by atoms with Crippen LogP contribution >= 0.6 is 0 Å². The first-order chi connectivity index (χ1) is 8.55. The van der Waals surface area contributed by atoms with Gasteiger partial charge in [0.1, 0.15) is 0 Å². The molecule has 0 aliphatic rings. The topological polar surface area (TPSA) is 84.8 Å². The molecule has 0 saturated carbocycles. The zero-order valence-electron chi connectivity index (χ0n) is 9.74. The largest absolute Gasteiger partial charge is 0.378 e. The summed E-state index contributed by atoms with van der Waals surface area (Å²) in [6.45, 7) is 0.508. The van der Waals surface area contributed by atoms with Gasteiger partial charge in [-0.05, 0) is 12.1 Å². The number of aromatic nitrogens is 3. The van der Waals surface area contributed by atoms with Gasteiger partial charge in [0, 0.05) is 18.6 Å². The third-order valence-corrected chi connectivity index (χ3v) is 3.21. The molecule has 0 radical (unpaired) electrons. The van der Waals surface area contributed by atoms with Crippen molar-refractivity contribution in [2.24, 2.45) is 0 Å². The van der Waals surface area contributed by atoms with Crippen LogP contribution in [-0.4, -0.2) is 29.6 Å². The second kappa shape index (κ2) is 5.09. The molecule has 7 heteroatoms. The minimum absolute atomic E-state index is 0.0625. The highest BCUT2D eigenvalue weighted by atomic mass is 32.2. The van der Waals surface area contributed by atoms with E-state index in [2.05, 4.69) is 20.3 Å². The van der Waals surface area contributed by atoms with Crippen LogP contribution in [0.25, 0.3) is 0 Å². The Kier molecular flexibility index (Phi) is 3.52. The molecule has 2 aromatic rings. The third-order valence-electron chi connectivity index (χ3n) is 2.21. The molecular formula is C11H12N4O2S. The summed E-state index contributed by atoms with van der Waals surface area (Å²) in [5.41, 5.74) is 1.53. The van der Waals surface area contributed by atoms with Gasteiger partial charge in [0.25, 0.3) is 0 Å². The number of hydrogen-bond acceptors (Lipinski definition) is 6. The summed E-state index contributed by atoms with van der Waals surface area (Å²) in [4.78, 5) is 11.9. The molecule has 0 atom stereocenters. The Morgan fingerprint density at radius 2 is 2.00 bits per heavy atom. The maximum Gasteiger partial charge on any atom is 0.192 e. The molecule has 0 aliphatic carbocycles. The molecular weight excluding hydrogens is 252 g/mol. The van der Waals surface area contributed by atoms with Crippen LogP contribution in [0.3, 0.4) is 0 Å². The molecule has 2 aromatic heterocycles. The zero-order valence-corrected chi connectivity index (χ0v) is 10.6. The lowest BCUT2D eigenvalue weighted by Crippen LogP contribution is -2.04. The highest BCUT2D eigenvalue weighted by Gasteiger charge is 2.07. The molecule has 0 fully saturated rings. The Bertz CT molecular complexity index is 611. The van der Waals surface area contributed by atoms with Crippen molar-refractivity contribution in [1.29, 1.82) is 0 Å².